The Morgan fingerprint density at radius 2 is 2.06 bits per heavy atom. The molecule has 2 fully saturated rings. The van der Waals surface area contributed by atoms with Crippen LogP contribution < -0.4 is 11.1 Å². The second-order valence-corrected chi connectivity index (χ2v) is 5.05. The van der Waals surface area contributed by atoms with Gasteiger partial charge in [0, 0.05) is 0 Å². The van der Waals surface area contributed by atoms with Crippen molar-refractivity contribution in [3.63, 3.8) is 0 Å². The zero-order valence-corrected chi connectivity index (χ0v) is 9.86. The van der Waals surface area contributed by atoms with Crippen molar-refractivity contribution in [2.24, 2.45) is 11.7 Å². The number of carbonyl (C=O) groups excluding carboxylic acids is 3. The number of imide groups is 1. The molecule has 1 saturated heterocycles. The van der Waals surface area contributed by atoms with E-state index in [4.69, 9.17) is 5.73 Å². The van der Waals surface area contributed by atoms with Crippen LogP contribution in [0.3, 0.4) is 0 Å². The number of hydrogen-bond acceptors (Lipinski definition) is 3. The van der Waals surface area contributed by atoms with E-state index >= 15 is 0 Å². The van der Waals surface area contributed by atoms with Crippen LogP contribution in [0.15, 0.2) is 0 Å². The topological polar surface area (TPSA) is 92.5 Å². The van der Waals surface area contributed by atoms with Gasteiger partial charge in [0.15, 0.2) is 0 Å². The molecule has 1 spiro atoms. The summed E-state index contributed by atoms with van der Waals surface area (Å²) in [7, 11) is 0. The highest BCUT2D eigenvalue weighted by Gasteiger charge is 2.52. The van der Waals surface area contributed by atoms with Crippen molar-refractivity contribution in [2.75, 3.05) is 6.54 Å². The van der Waals surface area contributed by atoms with Crippen molar-refractivity contribution in [3.05, 3.63) is 0 Å². The summed E-state index contributed by atoms with van der Waals surface area (Å²) < 4.78 is 0. The number of rotatable bonds is 2. The highest BCUT2D eigenvalue weighted by Crippen LogP contribution is 2.36. The van der Waals surface area contributed by atoms with Crippen LogP contribution in [0, 0.1) is 5.92 Å². The van der Waals surface area contributed by atoms with E-state index < -0.39 is 17.5 Å². The zero-order chi connectivity index (χ0) is 12.6. The number of urea groups is 1. The second kappa shape index (κ2) is 4.01. The molecule has 3 N–H and O–H groups in total. The minimum atomic E-state index is -0.779. The fraction of sp³-hybridized carbons (Fsp3) is 0.727. The summed E-state index contributed by atoms with van der Waals surface area (Å²) in [4.78, 5) is 35.6. The lowest BCUT2D eigenvalue weighted by Gasteiger charge is -2.33. The van der Waals surface area contributed by atoms with Gasteiger partial charge in [-0.05, 0) is 31.6 Å². The second-order valence-electron chi connectivity index (χ2n) is 5.05. The number of carbonyl (C=O) groups is 3. The lowest BCUT2D eigenvalue weighted by Crippen LogP contribution is -2.49. The standard InChI is InChI=1S/C11H17N3O3/c1-7-2-4-11(5-3-7)9(16)14(6-8(12)15)10(17)13-11/h7H,2-6H2,1H3,(H2,12,15)(H,13,17). The van der Waals surface area contributed by atoms with E-state index in [0.29, 0.717) is 18.8 Å². The molecule has 1 heterocycles. The Labute approximate surface area is 99.5 Å². The predicted molar refractivity (Wildman–Crippen MR) is 59.8 cm³/mol. The van der Waals surface area contributed by atoms with Crippen LogP contribution in [0.2, 0.25) is 0 Å². The molecule has 1 aliphatic carbocycles. The van der Waals surface area contributed by atoms with Gasteiger partial charge in [-0.25, -0.2) is 4.79 Å². The summed E-state index contributed by atoms with van der Waals surface area (Å²) in [5.74, 6) is -0.390. The third-order valence-electron chi connectivity index (χ3n) is 3.69. The Morgan fingerprint density at radius 3 is 2.59 bits per heavy atom. The van der Waals surface area contributed by atoms with Crippen molar-refractivity contribution in [1.82, 2.24) is 10.2 Å². The summed E-state index contributed by atoms with van der Waals surface area (Å²) in [6.45, 7) is 1.80. The van der Waals surface area contributed by atoms with Crippen molar-refractivity contribution in [2.45, 2.75) is 38.1 Å². The molecule has 0 bridgehead atoms. The van der Waals surface area contributed by atoms with Crippen molar-refractivity contribution in [1.29, 1.82) is 0 Å². The maximum Gasteiger partial charge on any atom is 0.325 e. The van der Waals surface area contributed by atoms with Crippen LogP contribution in [-0.4, -0.2) is 34.8 Å². The summed E-state index contributed by atoms with van der Waals surface area (Å²) in [6, 6.07) is -0.497. The number of hydrogen-bond donors (Lipinski definition) is 2. The molecule has 0 aromatic carbocycles. The van der Waals surface area contributed by atoms with Crippen molar-refractivity contribution < 1.29 is 14.4 Å². The van der Waals surface area contributed by atoms with Crippen LogP contribution in [-0.2, 0) is 9.59 Å². The van der Waals surface area contributed by atoms with E-state index in [9.17, 15) is 14.4 Å². The fourth-order valence-corrected chi connectivity index (χ4v) is 2.57. The van der Waals surface area contributed by atoms with Crippen LogP contribution in [0.5, 0.6) is 0 Å². The fourth-order valence-electron chi connectivity index (χ4n) is 2.57. The SMILES string of the molecule is CC1CCC2(CC1)NC(=O)N(CC(N)=O)C2=O. The maximum atomic E-state index is 12.2. The van der Waals surface area contributed by atoms with E-state index in [1.807, 2.05) is 0 Å². The van der Waals surface area contributed by atoms with Crippen LogP contribution >= 0.6 is 0 Å². The van der Waals surface area contributed by atoms with Gasteiger partial charge in [0.25, 0.3) is 5.91 Å². The van der Waals surface area contributed by atoms with E-state index in [-0.39, 0.29) is 12.5 Å². The van der Waals surface area contributed by atoms with E-state index in [2.05, 4.69) is 12.2 Å². The normalized spacial score (nSPS) is 33.0. The first-order valence-corrected chi connectivity index (χ1v) is 5.87. The number of nitrogens with zero attached hydrogens (tertiary/aromatic N) is 1. The third-order valence-corrected chi connectivity index (χ3v) is 3.69. The average molecular weight is 239 g/mol. The van der Waals surface area contributed by atoms with Gasteiger partial charge < -0.3 is 11.1 Å². The Kier molecular flexibility index (Phi) is 2.81. The number of nitrogens with one attached hydrogen (secondary N) is 1. The zero-order valence-electron chi connectivity index (χ0n) is 9.86. The Bertz CT molecular complexity index is 372. The molecule has 2 aliphatic rings. The highest BCUT2D eigenvalue weighted by molar-refractivity contribution is 6.08. The Hall–Kier alpha value is -1.59. The first kappa shape index (κ1) is 11.9. The van der Waals surface area contributed by atoms with Crippen LogP contribution in [0.25, 0.3) is 0 Å². The van der Waals surface area contributed by atoms with Gasteiger partial charge in [0.2, 0.25) is 5.91 Å². The monoisotopic (exact) mass is 239 g/mol. The molecular weight excluding hydrogens is 222 g/mol. The molecule has 17 heavy (non-hydrogen) atoms. The first-order valence-electron chi connectivity index (χ1n) is 5.87. The minimum Gasteiger partial charge on any atom is -0.368 e. The lowest BCUT2D eigenvalue weighted by atomic mass is 9.77. The molecule has 1 aliphatic heterocycles. The molecule has 0 aromatic rings. The van der Waals surface area contributed by atoms with Crippen LogP contribution in [0.1, 0.15) is 32.6 Å². The number of primary amides is 1. The maximum absolute atomic E-state index is 12.2. The molecule has 2 rings (SSSR count). The van der Waals surface area contributed by atoms with Gasteiger partial charge in [-0.15, -0.1) is 0 Å². The van der Waals surface area contributed by atoms with E-state index in [0.717, 1.165) is 17.7 Å². The molecule has 0 radical (unpaired) electrons. The molecule has 94 valence electrons. The molecule has 0 aromatic heterocycles. The van der Waals surface area contributed by atoms with Crippen LogP contribution in [0.4, 0.5) is 4.79 Å². The first-order chi connectivity index (χ1) is 7.94. The molecule has 0 atom stereocenters. The van der Waals surface area contributed by atoms with Gasteiger partial charge in [-0.3, -0.25) is 14.5 Å². The van der Waals surface area contributed by atoms with Gasteiger partial charge >= 0.3 is 6.03 Å². The predicted octanol–water partition coefficient (Wildman–Crippen LogP) is -0.0276. The Balaban J connectivity index is 2.15. The summed E-state index contributed by atoms with van der Waals surface area (Å²) in [5, 5.41) is 2.72. The van der Waals surface area contributed by atoms with Crippen molar-refractivity contribution >= 4 is 17.8 Å². The van der Waals surface area contributed by atoms with Crippen molar-refractivity contribution in [3.8, 4) is 0 Å². The summed E-state index contributed by atoms with van der Waals surface area (Å²) in [6.07, 6.45) is 3.12. The largest absolute Gasteiger partial charge is 0.368 e. The van der Waals surface area contributed by atoms with E-state index in [1.165, 1.54) is 0 Å². The Morgan fingerprint density at radius 1 is 1.47 bits per heavy atom. The summed E-state index contributed by atoms with van der Waals surface area (Å²) in [5.41, 5.74) is 4.25. The van der Waals surface area contributed by atoms with Gasteiger partial charge in [0.05, 0.1) is 0 Å². The lowest BCUT2D eigenvalue weighted by molar-refractivity contribution is -0.135. The molecule has 4 amide bonds. The molecule has 0 unspecified atom stereocenters. The smallest absolute Gasteiger partial charge is 0.325 e. The summed E-state index contributed by atoms with van der Waals surface area (Å²) >= 11 is 0. The number of amides is 4. The highest BCUT2D eigenvalue weighted by atomic mass is 16.2. The van der Waals surface area contributed by atoms with Gasteiger partial charge in [0.1, 0.15) is 12.1 Å². The average Bonchev–Trinajstić information content (AvgIpc) is 2.48. The third kappa shape index (κ3) is 1.99. The molecular formula is C11H17N3O3. The molecule has 6 nitrogen and oxygen atoms in total. The molecule has 1 saturated carbocycles. The van der Waals surface area contributed by atoms with E-state index in [1.54, 1.807) is 0 Å². The van der Waals surface area contributed by atoms with Gasteiger partial charge in [-0.1, -0.05) is 6.92 Å². The quantitative estimate of drug-likeness (QED) is 0.663. The number of nitrogens with two attached hydrogens (primary N) is 1. The molecule has 6 heteroatoms. The van der Waals surface area contributed by atoms with Gasteiger partial charge in [-0.2, -0.15) is 0 Å². The minimum absolute atomic E-state index is 0.298.